The highest BCUT2D eigenvalue weighted by atomic mass is 16.5. The van der Waals surface area contributed by atoms with Gasteiger partial charge in [-0.05, 0) is 76.9 Å². The fourth-order valence-corrected chi connectivity index (χ4v) is 4.55. The van der Waals surface area contributed by atoms with Crippen molar-refractivity contribution in [2.24, 2.45) is 0 Å². The summed E-state index contributed by atoms with van der Waals surface area (Å²) in [6, 6.07) is 7.79. The minimum absolute atomic E-state index is 0.104. The maximum atomic E-state index is 13.1. The molecule has 2 fully saturated rings. The molecular weight excluding hydrogens is 380 g/mol. The van der Waals surface area contributed by atoms with Gasteiger partial charge in [-0.3, -0.25) is 4.79 Å². The summed E-state index contributed by atoms with van der Waals surface area (Å²) in [5, 5.41) is 4.33. The summed E-state index contributed by atoms with van der Waals surface area (Å²) < 4.78 is 6.78. The number of hydrogen-bond donors (Lipinski definition) is 0. The second-order valence-corrected chi connectivity index (χ2v) is 8.13. The Bertz CT molecular complexity index is 900. The van der Waals surface area contributed by atoms with E-state index in [4.69, 9.17) is 4.74 Å². The smallest absolute Gasteiger partial charge is 0.341 e. The Balaban J connectivity index is 1.47. The van der Waals surface area contributed by atoms with Gasteiger partial charge in [0.25, 0.3) is 5.91 Å². The van der Waals surface area contributed by atoms with E-state index in [1.807, 2.05) is 36.1 Å². The van der Waals surface area contributed by atoms with Crippen LogP contribution in [0.25, 0.3) is 5.69 Å². The molecule has 2 aliphatic rings. The molecule has 2 aliphatic heterocycles. The zero-order valence-electron chi connectivity index (χ0n) is 17.8. The number of aromatic nitrogens is 2. The van der Waals surface area contributed by atoms with E-state index in [2.05, 4.69) is 10.00 Å². The third-order valence-corrected chi connectivity index (χ3v) is 6.17. The highest BCUT2D eigenvalue weighted by Gasteiger charge is 2.31. The lowest BCUT2D eigenvalue weighted by Crippen LogP contribution is -2.42. The largest absolute Gasteiger partial charge is 0.462 e. The van der Waals surface area contributed by atoms with Gasteiger partial charge in [0.05, 0.1) is 24.2 Å². The molecule has 0 N–H and O–H groups in total. The lowest BCUT2D eigenvalue weighted by atomic mass is 10.1. The Morgan fingerprint density at radius 2 is 1.83 bits per heavy atom. The van der Waals surface area contributed by atoms with E-state index in [0.29, 0.717) is 23.8 Å². The number of carbonyl (C=O) groups is 2. The Morgan fingerprint density at radius 1 is 1.10 bits per heavy atom. The van der Waals surface area contributed by atoms with Gasteiger partial charge in [-0.1, -0.05) is 0 Å². The van der Waals surface area contributed by atoms with Crippen LogP contribution in [0.15, 0.2) is 30.5 Å². The number of carbonyl (C=O) groups excluding carboxylic acids is 2. The standard InChI is InChI=1S/C23H30N4O3/c1-3-30-23(29)21-15-24-27(17(21)2)19-10-8-18(9-11-19)22(28)26-14-6-7-20(26)16-25-12-4-5-13-25/h8-11,15,20H,3-7,12-14,16H2,1-2H3/t20-/m0/s1. The maximum absolute atomic E-state index is 13.1. The zero-order chi connectivity index (χ0) is 21.1. The summed E-state index contributed by atoms with van der Waals surface area (Å²) in [6.45, 7) is 8.09. The molecule has 1 amide bonds. The quantitative estimate of drug-likeness (QED) is 0.685. The van der Waals surface area contributed by atoms with Gasteiger partial charge >= 0.3 is 5.97 Å². The number of nitrogens with zero attached hydrogens (tertiary/aromatic N) is 4. The number of rotatable bonds is 6. The van der Waals surface area contributed by atoms with Crippen LogP contribution in [0.5, 0.6) is 0 Å². The van der Waals surface area contributed by atoms with E-state index in [9.17, 15) is 9.59 Å². The molecule has 4 rings (SSSR count). The molecule has 0 radical (unpaired) electrons. The minimum Gasteiger partial charge on any atom is -0.462 e. The van der Waals surface area contributed by atoms with Crippen molar-refractivity contribution in [3.8, 4) is 5.69 Å². The van der Waals surface area contributed by atoms with Gasteiger partial charge < -0.3 is 14.5 Å². The third kappa shape index (κ3) is 4.12. The van der Waals surface area contributed by atoms with Crippen LogP contribution in [0.4, 0.5) is 0 Å². The van der Waals surface area contributed by atoms with Crippen molar-refractivity contribution >= 4 is 11.9 Å². The highest BCUT2D eigenvalue weighted by molar-refractivity contribution is 5.95. The van der Waals surface area contributed by atoms with Gasteiger partial charge in [0.2, 0.25) is 0 Å². The summed E-state index contributed by atoms with van der Waals surface area (Å²) >= 11 is 0. The highest BCUT2D eigenvalue weighted by Crippen LogP contribution is 2.23. The van der Waals surface area contributed by atoms with Crippen LogP contribution in [0, 0.1) is 6.92 Å². The molecule has 3 heterocycles. The molecule has 7 nitrogen and oxygen atoms in total. The Labute approximate surface area is 177 Å². The number of ether oxygens (including phenoxy) is 1. The summed E-state index contributed by atoms with van der Waals surface area (Å²) in [7, 11) is 0. The molecule has 2 aromatic rings. The van der Waals surface area contributed by atoms with Crippen molar-refractivity contribution in [3.63, 3.8) is 0 Å². The molecule has 1 atom stereocenters. The average molecular weight is 411 g/mol. The summed E-state index contributed by atoms with van der Waals surface area (Å²) in [5.41, 5.74) is 2.69. The molecule has 30 heavy (non-hydrogen) atoms. The maximum Gasteiger partial charge on any atom is 0.341 e. The Kier molecular flexibility index (Phi) is 6.18. The van der Waals surface area contributed by atoms with Crippen LogP contribution in [-0.2, 0) is 4.74 Å². The van der Waals surface area contributed by atoms with Gasteiger partial charge in [0, 0.05) is 24.7 Å². The summed E-state index contributed by atoms with van der Waals surface area (Å²) in [6.07, 6.45) is 6.23. The first-order chi connectivity index (χ1) is 14.6. The Hall–Kier alpha value is -2.67. The third-order valence-electron chi connectivity index (χ3n) is 6.17. The predicted octanol–water partition coefficient (Wildman–Crippen LogP) is 3.06. The van der Waals surface area contributed by atoms with Gasteiger partial charge in [-0.15, -0.1) is 0 Å². The number of amides is 1. The van der Waals surface area contributed by atoms with E-state index in [1.165, 1.54) is 19.0 Å². The van der Waals surface area contributed by atoms with Crippen LogP contribution >= 0.6 is 0 Å². The number of hydrogen-bond acceptors (Lipinski definition) is 5. The topological polar surface area (TPSA) is 67.7 Å². The molecule has 1 aromatic heterocycles. The first-order valence-corrected chi connectivity index (χ1v) is 10.9. The first-order valence-electron chi connectivity index (χ1n) is 10.9. The van der Waals surface area contributed by atoms with Crippen molar-refractivity contribution in [2.75, 3.05) is 32.8 Å². The molecule has 2 saturated heterocycles. The lowest BCUT2D eigenvalue weighted by molar-refractivity contribution is 0.0525. The molecular formula is C23H30N4O3. The van der Waals surface area contributed by atoms with Crippen molar-refractivity contribution in [3.05, 3.63) is 47.3 Å². The predicted molar refractivity (Wildman–Crippen MR) is 114 cm³/mol. The average Bonchev–Trinajstić information content (AvgIpc) is 3.50. The molecule has 1 aromatic carbocycles. The van der Waals surface area contributed by atoms with Crippen LogP contribution in [-0.4, -0.2) is 70.3 Å². The summed E-state index contributed by atoms with van der Waals surface area (Å²) in [5.74, 6) is -0.265. The minimum atomic E-state index is -0.369. The van der Waals surface area contributed by atoms with Crippen LogP contribution in [0.1, 0.15) is 59.0 Å². The van der Waals surface area contributed by atoms with E-state index >= 15 is 0 Å². The second kappa shape index (κ2) is 9.00. The van der Waals surface area contributed by atoms with Crippen molar-refractivity contribution in [2.45, 2.75) is 45.6 Å². The molecule has 0 spiro atoms. The van der Waals surface area contributed by atoms with Crippen LogP contribution < -0.4 is 0 Å². The normalized spacial score (nSPS) is 19.4. The van der Waals surface area contributed by atoms with Crippen molar-refractivity contribution in [1.82, 2.24) is 19.6 Å². The lowest BCUT2D eigenvalue weighted by Gasteiger charge is -2.28. The Morgan fingerprint density at radius 3 is 2.53 bits per heavy atom. The van der Waals surface area contributed by atoms with Crippen LogP contribution in [0.2, 0.25) is 0 Å². The van der Waals surface area contributed by atoms with Gasteiger partial charge in [-0.25, -0.2) is 9.48 Å². The molecule has 0 aliphatic carbocycles. The molecule has 160 valence electrons. The SMILES string of the molecule is CCOC(=O)c1cnn(-c2ccc(C(=O)N3CCC[C@H]3CN3CCCC3)cc2)c1C. The van der Waals surface area contributed by atoms with Crippen LogP contribution in [0.3, 0.4) is 0 Å². The van der Waals surface area contributed by atoms with Crippen molar-refractivity contribution in [1.29, 1.82) is 0 Å². The fourth-order valence-electron chi connectivity index (χ4n) is 4.55. The monoisotopic (exact) mass is 410 g/mol. The second-order valence-electron chi connectivity index (χ2n) is 8.13. The number of likely N-dealkylation sites (tertiary alicyclic amines) is 2. The molecule has 0 unspecified atom stereocenters. The molecule has 0 saturated carbocycles. The van der Waals surface area contributed by atoms with E-state index < -0.39 is 0 Å². The van der Waals surface area contributed by atoms with Crippen molar-refractivity contribution < 1.29 is 14.3 Å². The van der Waals surface area contributed by atoms with E-state index in [1.54, 1.807) is 11.6 Å². The van der Waals surface area contributed by atoms with E-state index in [-0.39, 0.29) is 11.9 Å². The van der Waals surface area contributed by atoms with E-state index in [0.717, 1.165) is 50.4 Å². The molecule has 0 bridgehead atoms. The van der Waals surface area contributed by atoms with Gasteiger partial charge in [0.15, 0.2) is 0 Å². The number of benzene rings is 1. The number of esters is 1. The first kappa shape index (κ1) is 20.6. The fraction of sp³-hybridized carbons (Fsp3) is 0.522. The summed E-state index contributed by atoms with van der Waals surface area (Å²) in [4.78, 5) is 29.7. The zero-order valence-corrected chi connectivity index (χ0v) is 17.8. The molecule has 7 heteroatoms. The van der Waals surface area contributed by atoms with Gasteiger partial charge in [-0.2, -0.15) is 5.10 Å². The van der Waals surface area contributed by atoms with Gasteiger partial charge in [0.1, 0.15) is 5.56 Å².